The topological polar surface area (TPSA) is 38.5 Å². The van der Waals surface area contributed by atoms with E-state index in [-0.39, 0.29) is 11.9 Å². The molecular formula is C16H22BrFN2O. The van der Waals surface area contributed by atoms with E-state index in [1.165, 1.54) is 18.9 Å². The summed E-state index contributed by atoms with van der Waals surface area (Å²) in [5, 5.41) is 0. The van der Waals surface area contributed by atoms with Gasteiger partial charge < -0.3 is 10.5 Å². The molecular weight excluding hydrogens is 335 g/mol. The first-order valence-electron chi connectivity index (χ1n) is 7.73. The highest BCUT2D eigenvalue weighted by Crippen LogP contribution is 2.36. The molecule has 0 amide bonds. The molecule has 2 aliphatic rings. The first-order valence-corrected chi connectivity index (χ1v) is 8.52. The summed E-state index contributed by atoms with van der Waals surface area (Å²) in [6, 6.07) is 5.31. The molecule has 0 aromatic heterocycles. The number of nitrogens with zero attached hydrogens (tertiary/aromatic N) is 1. The lowest BCUT2D eigenvalue weighted by molar-refractivity contribution is -0.102. The van der Waals surface area contributed by atoms with Crippen LogP contribution in [0, 0.1) is 5.82 Å². The van der Waals surface area contributed by atoms with Crippen molar-refractivity contribution < 1.29 is 9.13 Å². The standard InChI is InChI=1S/C16H22BrFN2O/c17-13-6-5-11(18)9-12(13)15(10-19)20-7-8-21-16-4-2-1-3-14(16)20/h5-6,9,14-16H,1-4,7-8,10,19H2. The molecule has 1 aliphatic carbocycles. The van der Waals surface area contributed by atoms with Crippen LogP contribution in [0.25, 0.3) is 0 Å². The van der Waals surface area contributed by atoms with Gasteiger partial charge in [-0.3, -0.25) is 4.90 Å². The highest BCUT2D eigenvalue weighted by atomic mass is 79.9. The third kappa shape index (κ3) is 3.16. The lowest BCUT2D eigenvalue weighted by Gasteiger charge is -2.47. The predicted molar refractivity (Wildman–Crippen MR) is 84.6 cm³/mol. The van der Waals surface area contributed by atoms with Crippen molar-refractivity contribution >= 4 is 15.9 Å². The molecule has 3 unspecified atom stereocenters. The van der Waals surface area contributed by atoms with Gasteiger partial charge in [0.1, 0.15) is 5.82 Å². The van der Waals surface area contributed by atoms with Crippen molar-refractivity contribution in [1.29, 1.82) is 0 Å². The maximum Gasteiger partial charge on any atom is 0.123 e. The van der Waals surface area contributed by atoms with Crippen molar-refractivity contribution in [3.05, 3.63) is 34.1 Å². The van der Waals surface area contributed by atoms with Crippen LogP contribution in [0.5, 0.6) is 0 Å². The Balaban J connectivity index is 1.89. The summed E-state index contributed by atoms with van der Waals surface area (Å²) in [7, 11) is 0. The summed E-state index contributed by atoms with van der Waals surface area (Å²) >= 11 is 3.55. The summed E-state index contributed by atoms with van der Waals surface area (Å²) in [5.74, 6) is -0.208. The SMILES string of the molecule is NCC(c1cc(F)ccc1Br)N1CCOC2CCCCC21. The van der Waals surface area contributed by atoms with Crippen molar-refractivity contribution in [3.8, 4) is 0 Å². The van der Waals surface area contributed by atoms with Crippen molar-refractivity contribution in [2.45, 2.75) is 43.9 Å². The van der Waals surface area contributed by atoms with E-state index in [0.717, 1.165) is 36.0 Å². The number of morpholine rings is 1. The maximum absolute atomic E-state index is 13.6. The number of hydrogen-bond acceptors (Lipinski definition) is 3. The molecule has 5 heteroatoms. The largest absolute Gasteiger partial charge is 0.375 e. The molecule has 3 nitrogen and oxygen atoms in total. The van der Waals surface area contributed by atoms with Crippen molar-refractivity contribution in [1.82, 2.24) is 4.90 Å². The van der Waals surface area contributed by atoms with Crippen LogP contribution in [-0.2, 0) is 4.74 Å². The average Bonchev–Trinajstić information content (AvgIpc) is 2.51. The van der Waals surface area contributed by atoms with Gasteiger partial charge in [-0.2, -0.15) is 0 Å². The first-order chi connectivity index (χ1) is 10.2. The molecule has 0 bridgehead atoms. The Morgan fingerprint density at radius 1 is 1.38 bits per heavy atom. The Hall–Kier alpha value is -0.490. The van der Waals surface area contributed by atoms with Gasteiger partial charge in [-0.15, -0.1) is 0 Å². The van der Waals surface area contributed by atoms with Crippen molar-refractivity contribution in [2.24, 2.45) is 5.73 Å². The monoisotopic (exact) mass is 356 g/mol. The molecule has 0 radical (unpaired) electrons. The van der Waals surface area contributed by atoms with Gasteiger partial charge in [0, 0.05) is 29.6 Å². The third-order valence-electron chi connectivity index (χ3n) is 4.72. The second kappa shape index (κ2) is 6.73. The quantitative estimate of drug-likeness (QED) is 0.903. The van der Waals surface area contributed by atoms with Crippen LogP contribution in [0.4, 0.5) is 4.39 Å². The van der Waals surface area contributed by atoms with Gasteiger partial charge in [0.25, 0.3) is 0 Å². The highest BCUT2D eigenvalue weighted by molar-refractivity contribution is 9.10. The fourth-order valence-electron chi connectivity index (χ4n) is 3.72. The van der Waals surface area contributed by atoms with Gasteiger partial charge in [0.2, 0.25) is 0 Å². The summed E-state index contributed by atoms with van der Waals surface area (Å²) < 4.78 is 20.5. The van der Waals surface area contributed by atoms with Gasteiger partial charge in [0.05, 0.1) is 12.7 Å². The molecule has 2 fully saturated rings. The van der Waals surface area contributed by atoms with Crippen LogP contribution in [0.1, 0.15) is 37.3 Å². The second-order valence-corrected chi connectivity index (χ2v) is 6.77. The average molecular weight is 357 g/mol. The van der Waals surface area contributed by atoms with E-state index < -0.39 is 0 Å². The summed E-state index contributed by atoms with van der Waals surface area (Å²) in [6.45, 7) is 2.10. The molecule has 21 heavy (non-hydrogen) atoms. The van der Waals surface area contributed by atoms with Crippen LogP contribution in [0.3, 0.4) is 0 Å². The number of nitrogens with two attached hydrogens (primary N) is 1. The molecule has 1 saturated carbocycles. The van der Waals surface area contributed by atoms with Crippen LogP contribution >= 0.6 is 15.9 Å². The van der Waals surface area contributed by atoms with E-state index in [0.29, 0.717) is 18.7 Å². The van der Waals surface area contributed by atoms with E-state index in [1.54, 1.807) is 12.1 Å². The van der Waals surface area contributed by atoms with E-state index in [9.17, 15) is 4.39 Å². The minimum absolute atomic E-state index is 0.0459. The summed E-state index contributed by atoms with van der Waals surface area (Å²) in [5.41, 5.74) is 7.00. The number of hydrogen-bond donors (Lipinski definition) is 1. The predicted octanol–water partition coefficient (Wildman–Crippen LogP) is 3.23. The van der Waals surface area contributed by atoms with E-state index in [4.69, 9.17) is 10.5 Å². The zero-order valence-corrected chi connectivity index (χ0v) is 13.7. The molecule has 1 aliphatic heterocycles. The molecule has 1 aromatic rings. The zero-order chi connectivity index (χ0) is 14.8. The minimum Gasteiger partial charge on any atom is -0.375 e. The Labute approximate surface area is 133 Å². The van der Waals surface area contributed by atoms with Gasteiger partial charge in [-0.1, -0.05) is 28.8 Å². The van der Waals surface area contributed by atoms with E-state index >= 15 is 0 Å². The molecule has 2 N–H and O–H groups in total. The Morgan fingerprint density at radius 3 is 3.00 bits per heavy atom. The fourth-order valence-corrected chi connectivity index (χ4v) is 4.24. The smallest absolute Gasteiger partial charge is 0.123 e. The van der Waals surface area contributed by atoms with Gasteiger partial charge in [-0.25, -0.2) is 4.39 Å². The number of benzene rings is 1. The van der Waals surface area contributed by atoms with Gasteiger partial charge in [0.15, 0.2) is 0 Å². The van der Waals surface area contributed by atoms with Crippen molar-refractivity contribution in [2.75, 3.05) is 19.7 Å². The molecule has 1 heterocycles. The van der Waals surface area contributed by atoms with Gasteiger partial charge >= 0.3 is 0 Å². The number of fused-ring (bicyclic) bond motifs is 1. The lowest BCUT2D eigenvalue weighted by atomic mass is 9.88. The molecule has 116 valence electrons. The Kier molecular flexibility index (Phi) is 4.94. The fraction of sp³-hybridized carbons (Fsp3) is 0.625. The summed E-state index contributed by atoms with van der Waals surface area (Å²) in [6.07, 6.45) is 5.07. The van der Waals surface area contributed by atoms with Crippen LogP contribution < -0.4 is 5.73 Å². The number of halogens is 2. The normalized spacial score (nSPS) is 28.1. The van der Waals surface area contributed by atoms with Gasteiger partial charge in [-0.05, 0) is 36.6 Å². The Morgan fingerprint density at radius 2 is 2.19 bits per heavy atom. The molecule has 1 saturated heterocycles. The van der Waals surface area contributed by atoms with Crippen molar-refractivity contribution in [3.63, 3.8) is 0 Å². The van der Waals surface area contributed by atoms with E-state index in [1.807, 2.05) is 0 Å². The minimum atomic E-state index is -0.208. The van der Waals surface area contributed by atoms with Crippen LogP contribution in [-0.4, -0.2) is 36.7 Å². The lowest BCUT2D eigenvalue weighted by Crippen LogP contribution is -2.54. The van der Waals surface area contributed by atoms with E-state index in [2.05, 4.69) is 20.8 Å². The third-order valence-corrected chi connectivity index (χ3v) is 5.44. The molecule has 3 rings (SSSR count). The summed E-state index contributed by atoms with van der Waals surface area (Å²) in [4.78, 5) is 2.44. The number of ether oxygens (including phenoxy) is 1. The highest BCUT2D eigenvalue weighted by Gasteiger charge is 2.38. The van der Waals surface area contributed by atoms with Crippen LogP contribution in [0.2, 0.25) is 0 Å². The zero-order valence-electron chi connectivity index (χ0n) is 12.1. The molecule has 1 aromatic carbocycles. The van der Waals surface area contributed by atoms with Crippen LogP contribution in [0.15, 0.2) is 22.7 Å². The Bertz CT molecular complexity index is 497. The molecule has 0 spiro atoms. The molecule has 3 atom stereocenters. The first kappa shape index (κ1) is 15.4. The number of rotatable bonds is 3. The second-order valence-electron chi connectivity index (χ2n) is 5.92. The maximum atomic E-state index is 13.6.